The Labute approximate surface area is 104 Å². The lowest BCUT2D eigenvalue weighted by molar-refractivity contribution is -0.137. The summed E-state index contributed by atoms with van der Waals surface area (Å²) in [5.74, 6) is -0.429. The standard InChI is InChI=1S/C13H11ClO3/c14-11(13(15)16)8-17-12-7-3-5-9-4-1-2-6-10(9)12/h1-7,11H,8H2,(H,15,16). The fourth-order valence-corrected chi connectivity index (χ4v) is 1.62. The van der Waals surface area contributed by atoms with E-state index in [1.165, 1.54) is 0 Å². The Morgan fingerprint density at radius 3 is 2.71 bits per heavy atom. The van der Waals surface area contributed by atoms with E-state index >= 15 is 0 Å². The first-order valence-electron chi connectivity index (χ1n) is 5.16. The van der Waals surface area contributed by atoms with E-state index in [4.69, 9.17) is 21.4 Å². The average molecular weight is 251 g/mol. The number of rotatable bonds is 4. The van der Waals surface area contributed by atoms with E-state index in [2.05, 4.69) is 0 Å². The third-order valence-electron chi connectivity index (χ3n) is 2.40. The van der Waals surface area contributed by atoms with Crippen LogP contribution in [0.2, 0.25) is 0 Å². The molecule has 2 aromatic carbocycles. The molecule has 88 valence electrons. The largest absolute Gasteiger partial charge is 0.491 e. The molecule has 0 radical (unpaired) electrons. The fraction of sp³-hybridized carbons (Fsp3) is 0.154. The molecule has 1 atom stereocenters. The lowest BCUT2D eigenvalue weighted by Crippen LogP contribution is -2.21. The van der Waals surface area contributed by atoms with Crippen molar-refractivity contribution >= 4 is 28.3 Å². The van der Waals surface area contributed by atoms with Crippen LogP contribution in [0, 0.1) is 0 Å². The molecule has 0 bridgehead atoms. The van der Waals surface area contributed by atoms with Crippen LogP contribution in [0.4, 0.5) is 0 Å². The number of fused-ring (bicyclic) bond motifs is 1. The van der Waals surface area contributed by atoms with Crippen LogP contribution < -0.4 is 4.74 Å². The summed E-state index contributed by atoms with van der Waals surface area (Å²) in [6.07, 6.45) is 0. The molecule has 2 rings (SSSR count). The molecule has 4 heteroatoms. The smallest absolute Gasteiger partial charge is 0.325 e. The molecule has 0 heterocycles. The van der Waals surface area contributed by atoms with Crippen molar-refractivity contribution in [3.63, 3.8) is 0 Å². The zero-order chi connectivity index (χ0) is 12.3. The van der Waals surface area contributed by atoms with Gasteiger partial charge in [-0.15, -0.1) is 11.6 Å². The van der Waals surface area contributed by atoms with Gasteiger partial charge in [0.2, 0.25) is 0 Å². The summed E-state index contributed by atoms with van der Waals surface area (Å²) < 4.78 is 5.43. The van der Waals surface area contributed by atoms with Gasteiger partial charge < -0.3 is 9.84 Å². The van der Waals surface area contributed by atoms with Crippen molar-refractivity contribution < 1.29 is 14.6 Å². The first-order chi connectivity index (χ1) is 8.18. The Bertz CT molecular complexity index is 534. The highest BCUT2D eigenvalue weighted by atomic mass is 35.5. The van der Waals surface area contributed by atoms with Crippen molar-refractivity contribution in [1.29, 1.82) is 0 Å². The van der Waals surface area contributed by atoms with Crippen molar-refractivity contribution in [1.82, 2.24) is 0 Å². The predicted octanol–water partition coefficient (Wildman–Crippen LogP) is 2.91. The maximum absolute atomic E-state index is 10.6. The minimum atomic E-state index is -1.08. The number of carbonyl (C=O) groups is 1. The highest BCUT2D eigenvalue weighted by Crippen LogP contribution is 2.25. The highest BCUT2D eigenvalue weighted by molar-refractivity contribution is 6.29. The number of halogens is 1. The maximum Gasteiger partial charge on any atom is 0.325 e. The second-order valence-corrected chi connectivity index (χ2v) is 4.12. The van der Waals surface area contributed by atoms with Crippen molar-refractivity contribution in [3.05, 3.63) is 42.5 Å². The van der Waals surface area contributed by atoms with E-state index in [1.54, 1.807) is 6.07 Å². The van der Waals surface area contributed by atoms with Crippen LogP contribution in [0.3, 0.4) is 0 Å². The summed E-state index contributed by atoms with van der Waals surface area (Å²) in [5.41, 5.74) is 0. The second kappa shape index (κ2) is 5.06. The molecule has 0 aromatic heterocycles. The SMILES string of the molecule is O=C(O)C(Cl)COc1cccc2ccccc12. The number of benzene rings is 2. The summed E-state index contributed by atoms with van der Waals surface area (Å²) in [7, 11) is 0. The van der Waals surface area contributed by atoms with Crippen LogP contribution in [0.1, 0.15) is 0 Å². The number of carboxylic acids is 1. The van der Waals surface area contributed by atoms with Gasteiger partial charge in [-0.05, 0) is 11.5 Å². The molecule has 0 saturated carbocycles. The van der Waals surface area contributed by atoms with Gasteiger partial charge in [0.15, 0.2) is 5.38 Å². The number of alkyl halides is 1. The third kappa shape index (κ3) is 2.68. The van der Waals surface area contributed by atoms with Crippen LogP contribution in [-0.2, 0) is 4.79 Å². The Kier molecular flexibility index (Phi) is 3.49. The first-order valence-corrected chi connectivity index (χ1v) is 5.59. The Hall–Kier alpha value is -1.74. The van der Waals surface area contributed by atoms with Crippen molar-refractivity contribution in [2.45, 2.75) is 5.38 Å². The lowest BCUT2D eigenvalue weighted by atomic mass is 10.1. The maximum atomic E-state index is 10.6. The summed E-state index contributed by atoms with van der Waals surface area (Å²) >= 11 is 5.59. The third-order valence-corrected chi connectivity index (χ3v) is 2.72. The average Bonchev–Trinajstić information content (AvgIpc) is 2.35. The Morgan fingerprint density at radius 2 is 1.94 bits per heavy atom. The molecule has 1 unspecified atom stereocenters. The normalized spacial score (nSPS) is 12.3. The number of aliphatic carboxylic acids is 1. The van der Waals surface area contributed by atoms with Crippen LogP contribution in [-0.4, -0.2) is 23.1 Å². The van der Waals surface area contributed by atoms with Gasteiger partial charge in [0.1, 0.15) is 12.4 Å². The Morgan fingerprint density at radius 1 is 1.24 bits per heavy atom. The predicted molar refractivity (Wildman–Crippen MR) is 66.7 cm³/mol. The molecule has 0 amide bonds. The van der Waals surface area contributed by atoms with Gasteiger partial charge in [-0.2, -0.15) is 0 Å². The lowest BCUT2D eigenvalue weighted by Gasteiger charge is -2.10. The molecule has 17 heavy (non-hydrogen) atoms. The molecule has 0 saturated heterocycles. The summed E-state index contributed by atoms with van der Waals surface area (Å²) in [6.45, 7) is -0.0507. The molecular formula is C13H11ClO3. The van der Waals surface area contributed by atoms with E-state index in [1.807, 2.05) is 36.4 Å². The molecule has 0 aliphatic rings. The molecule has 0 aliphatic carbocycles. The van der Waals surface area contributed by atoms with E-state index in [0.29, 0.717) is 5.75 Å². The highest BCUT2D eigenvalue weighted by Gasteiger charge is 2.14. The zero-order valence-corrected chi connectivity index (χ0v) is 9.72. The number of hydrogen-bond acceptors (Lipinski definition) is 2. The molecular weight excluding hydrogens is 240 g/mol. The topological polar surface area (TPSA) is 46.5 Å². The molecule has 0 spiro atoms. The van der Waals surface area contributed by atoms with E-state index in [0.717, 1.165) is 10.8 Å². The Balaban J connectivity index is 2.21. The van der Waals surface area contributed by atoms with E-state index in [9.17, 15) is 4.79 Å². The molecule has 1 N–H and O–H groups in total. The van der Waals surface area contributed by atoms with Crippen LogP contribution >= 0.6 is 11.6 Å². The summed E-state index contributed by atoms with van der Waals surface area (Å²) in [4.78, 5) is 10.6. The summed E-state index contributed by atoms with van der Waals surface area (Å²) in [5, 5.41) is 9.62. The molecule has 0 aliphatic heterocycles. The number of ether oxygens (including phenoxy) is 1. The van der Waals surface area contributed by atoms with E-state index in [-0.39, 0.29) is 6.61 Å². The van der Waals surface area contributed by atoms with Crippen molar-refractivity contribution in [2.75, 3.05) is 6.61 Å². The van der Waals surface area contributed by atoms with Gasteiger partial charge in [0, 0.05) is 5.39 Å². The van der Waals surface area contributed by atoms with E-state index < -0.39 is 11.3 Å². The minimum Gasteiger partial charge on any atom is -0.491 e. The minimum absolute atomic E-state index is 0.0507. The fourth-order valence-electron chi connectivity index (χ4n) is 1.56. The second-order valence-electron chi connectivity index (χ2n) is 3.59. The summed E-state index contributed by atoms with van der Waals surface area (Å²) in [6, 6.07) is 13.4. The molecule has 2 aromatic rings. The first kappa shape index (κ1) is 11.7. The molecule has 3 nitrogen and oxygen atoms in total. The number of hydrogen-bond donors (Lipinski definition) is 1. The number of carboxylic acid groups (broad SMARTS) is 1. The van der Waals surface area contributed by atoms with Gasteiger partial charge in [0.05, 0.1) is 0 Å². The van der Waals surface area contributed by atoms with Crippen molar-refractivity contribution in [3.8, 4) is 5.75 Å². The van der Waals surface area contributed by atoms with Crippen molar-refractivity contribution in [2.24, 2.45) is 0 Å². The van der Waals surface area contributed by atoms with Crippen LogP contribution in [0.25, 0.3) is 10.8 Å². The van der Waals surface area contributed by atoms with Crippen LogP contribution in [0.15, 0.2) is 42.5 Å². The monoisotopic (exact) mass is 250 g/mol. The van der Waals surface area contributed by atoms with Gasteiger partial charge in [-0.25, -0.2) is 0 Å². The van der Waals surface area contributed by atoms with Gasteiger partial charge in [0.25, 0.3) is 0 Å². The van der Waals surface area contributed by atoms with Gasteiger partial charge >= 0.3 is 5.97 Å². The van der Waals surface area contributed by atoms with Gasteiger partial charge in [-0.3, -0.25) is 4.79 Å². The van der Waals surface area contributed by atoms with Gasteiger partial charge in [-0.1, -0.05) is 36.4 Å². The quantitative estimate of drug-likeness (QED) is 0.849. The molecule has 0 fully saturated rings. The van der Waals surface area contributed by atoms with Crippen LogP contribution in [0.5, 0.6) is 5.75 Å². The zero-order valence-electron chi connectivity index (χ0n) is 8.97.